The van der Waals surface area contributed by atoms with Crippen LogP contribution in [0.1, 0.15) is 18.5 Å². The summed E-state index contributed by atoms with van der Waals surface area (Å²) >= 11 is 0. The fraction of sp³-hybridized carbons (Fsp3) is 0.438. The van der Waals surface area contributed by atoms with E-state index in [4.69, 9.17) is 0 Å². The minimum absolute atomic E-state index is 0.0252. The van der Waals surface area contributed by atoms with Crippen molar-refractivity contribution in [2.24, 2.45) is 5.92 Å². The molecule has 0 amide bonds. The van der Waals surface area contributed by atoms with E-state index in [-0.39, 0.29) is 5.56 Å². The molecule has 4 rings (SSSR count). The van der Waals surface area contributed by atoms with E-state index in [1.807, 2.05) is 19.1 Å². The van der Waals surface area contributed by atoms with Crippen LogP contribution in [0.25, 0.3) is 5.65 Å². The second-order valence-corrected chi connectivity index (χ2v) is 6.25. The van der Waals surface area contributed by atoms with Crippen LogP contribution in [0.2, 0.25) is 0 Å². The summed E-state index contributed by atoms with van der Waals surface area (Å²) in [5.74, 6) is 1.40. The lowest BCUT2D eigenvalue weighted by molar-refractivity contribution is 0.333. The van der Waals surface area contributed by atoms with Crippen molar-refractivity contribution in [1.29, 1.82) is 0 Å². The molecule has 0 aromatic carbocycles. The van der Waals surface area contributed by atoms with E-state index in [0.717, 1.165) is 43.1 Å². The summed E-state index contributed by atoms with van der Waals surface area (Å²) in [6.45, 7) is 4.44. The minimum atomic E-state index is -0.0252. The van der Waals surface area contributed by atoms with Gasteiger partial charge in [0.25, 0.3) is 5.56 Å². The Kier molecular flexibility index (Phi) is 3.72. The molecule has 0 aliphatic carbocycles. The van der Waals surface area contributed by atoms with Crippen molar-refractivity contribution < 1.29 is 0 Å². The molecule has 1 saturated heterocycles. The summed E-state index contributed by atoms with van der Waals surface area (Å²) < 4.78 is 3.29. The van der Waals surface area contributed by atoms with Crippen molar-refractivity contribution >= 4 is 11.5 Å². The number of rotatable bonds is 3. The lowest BCUT2D eigenvalue weighted by atomic mass is 9.97. The molecule has 0 saturated carbocycles. The van der Waals surface area contributed by atoms with Gasteiger partial charge in [-0.3, -0.25) is 4.79 Å². The van der Waals surface area contributed by atoms with Crippen LogP contribution in [0.5, 0.6) is 0 Å². The molecular formula is C16H19N7O. The molecule has 124 valence electrons. The zero-order valence-electron chi connectivity index (χ0n) is 13.5. The number of aryl methyl sites for hydroxylation is 1. The molecule has 0 bridgehead atoms. The van der Waals surface area contributed by atoms with E-state index >= 15 is 0 Å². The molecule has 0 radical (unpaired) electrons. The maximum Gasteiger partial charge on any atom is 0.266 e. The molecule has 1 aliphatic heterocycles. The molecule has 8 heteroatoms. The number of hydrogen-bond donors (Lipinski definition) is 0. The first-order chi connectivity index (χ1) is 11.7. The number of aromatic nitrogens is 6. The molecular weight excluding hydrogens is 306 g/mol. The zero-order valence-corrected chi connectivity index (χ0v) is 13.5. The SMILES string of the molecule is Cc1ccc(=O)n(CC2CCN(c3ccc4nncn4n3)CC2)n1. The highest BCUT2D eigenvalue weighted by Crippen LogP contribution is 2.22. The van der Waals surface area contributed by atoms with Gasteiger partial charge in [-0.25, -0.2) is 4.68 Å². The average Bonchev–Trinajstić information content (AvgIpc) is 3.06. The maximum absolute atomic E-state index is 11.9. The molecule has 0 atom stereocenters. The summed E-state index contributed by atoms with van der Waals surface area (Å²) in [5.41, 5.74) is 1.60. The molecule has 0 N–H and O–H groups in total. The number of anilines is 1. The van der Waals surface area contributed by atoms with Gasteiger partial charge in [-0.05, 0) is 43.9 Å². The van der Waals surface area contributed by atoms with Crippen molar-refractivity contribution in [3.05, 3.63) is 46.6 Å². The van der Waals surface area contributed by atoms with Crippen molar-refractivity contribution in [2.45, 2.75) is 26.3 Å². The summed E-state index contributed by atoms with van der Waals surface area (Å²) in [6, 6.07) is 7.26. The van der Waals surface area contributed by atoms with Crippen molar-refractivity contribution in [1.82, 2.24) is 29.6 Å². The zero-order chi connectivity index (χ0) is 16.5. The minimum Gasteiger partial charge on any atom is -0.355 e. The van der Waals surface area contributed by atoms with Gasteiger partial charge in [0.15, 0.2) is 5.65 Å². The highest BCUT2D eigenvalue weighted by atomic mass is 16.1. The third-order valence-corrected chi connectivity index (χ3v) is 4.52. The number of piperidine rings is 1. The maximum atomic E-state index is 11.9. The standard InChI is InChI=1S/C16H19N7O/c1-12-2-5-16(24)22(19-12)10-13-6-8-21(9-7-13)15-4-3-14-18-17-11-23(14)20-15/h2-5,11,13H,6-10H2,1H3. The van der Waals surface area contributed by atoms with E-state index in [9.17, 15) is 4.79 Å². The van der Waals surface area contributed by atoms with Crippen molar-refractivity contribution in [2.75, 3.05) is 18.0 Å². The Hall–Kier alpha value is -2.77. The van der Waals surface area contributed by atoms with Gasteiger partial charge in [-0.2, -0.15) is 9.61 Å². The molecule has 4 heterocycles. The summed E-state index contributed by atoms with van der Waals surface area (Å²) in [7, 11) is 0. The van der Waals surface area contributed by atoms with Crippen LogP contribution < -0.4 is 10.5 Å². The molecule has 1 aliphatic rings. The Morgan fingerprint density at radius 3 is 2.79 bits per heavy atom. The van der Waals surface area contributed by atoms with E-state index in [0.29, 0.717) is 12.5 Å². The summed E-state index contributed by atoms with van der Waals surface area (Å²) in [4.78, 5) is 14.2. The molecule has 3 aromatic rings. The molecule has 3 aromatic heterocycles. The predicted molar refractivity (Wildman–Crippen MR) is 89.0 cm³/mol. The third-order valence-electron chi connectivity index (χ3n) is 4.52. The molecule has 0 spiro atoms. The highest BCUT2D eigenvalue weighted by Gasteiger charge is 2.21. The Morgan fingerprint density at radius 2 is 1.96 bits per heavy atom. The van der Waals surface area contributed by atoms with E-state index in [2.05, 4.69) is 25.3 Å². The van der Waals surface area contributed by atoms with Gasteiger partial charge in [-0.1, -0.05) is 0 Å². The summed E-state index contributed by atoms with van der Waals surface area (Å²) in [6.07, 6.45) is 3.65. The Morgan fingerprint density at radius 1 is 1.12 bits per heavy atom. The highest BCUT2D eigenvalue weighted by molar-refractivity contribution is 5.45. The van der Waals surface area contributed by atoms with Crippen LogP contribution in [-0.4, -0.2) is 42.7 Å². The van der Waals surface area contributed by atoms with Crippen LogP contribution in [0.3, 0.4) is 0 Å². The first-order valence-corrected chi connectivity index (χ1v) is 8.16. The smallest absolute Gasteiger partial charge is 0.266 e. The molecule has 0 unspecified atom stereocenters. The molecule has 8 nitrogen and oxygen atoms in total. The number of nitrogens with zero attached hydrogens (tertiary/aromatic N) is 7. The van der Waals surface area contributed by atoms with Gasteiger partial charge in [0.2, 0.25) is 0 Å². The van der Waals surface area contributed by atoms with Gasteiger partial charge in [0.05, 0.1) is 5.69 Å². The van der Waals surface area contributed by atoms with E-state index in [1.54, 1.807) is 27.7 Å². The van der Waals surface area contributed by atoms with Crippen LogP contribution in [0.4, 0.5) is 5.82 Å². The second kappa shape index (κ2) is 6.03. The average molecular weight is 325 g/mol. The van der Waals surface area contributed by atoms with E-state index < -0.39 is 0 Å². The van der Waals surface area contributed by atoms with Gasteiger partial charge >= 0.3 is 0 Å². The van der Waals surface area contributed by atoms with Crippen molar-refractivity contribution in [3.63, 3.8) is 0 Å². The second-order valence-electron chi connectivity index (χ2n) is 6.25. The predicted octanol–water partition coefficient (Wildman–Crippen LogP) is 0.906. The topological polar surface area (TPSA) is 81.2 Å². The Bertz CT molecular complexity index is 908. The van der Waals surface area contributed by atoms with Gasteiger partial charge in [0, 0.05) is 25.7 Å². The third kappa shape index (κ3) is 2.86. The Balaban J connectivity index is 1.42. The largest absolute Gasteiger partial charge is 0.355 e. The quantitative estimate of drug-likeness (QED) is 0.712. The lowest BCUT2D eigenvalue weighted by Gasteiger charge is -2.32. The van der Waals surface area contributed by atoms with Crippen LogP contribution >= 0.6 is 0 Å². The number of fused-ring (bicyclic) bond motifs is 1. The summed E-state index contributed by atoms with van der Waals surface area (Å²) in [5, 5.41) is 16.7. The fourth-order valence-corrected chi connectivity index (χ4v) is 3.16. The van der Waals surface area contributed by atoms with Gasteiger partial charge in [0.1, 0.15) is 12.1 Å². The van der Waals surface area contributed by atoms with Gasteiger partial charge in [-0.15, -0.1) is 15.3 Å². The number of hydrogen-bond acceptors (Lipinski definition) is 6. The van der Waals surface area contributed by atoms with Crippen LogP contribution in [-0.2, 0) is 6.54 Å². The molecule has 1 fully saturated rings. The first-order valence-electron chi connectivity index (χ1n) is 8.16. The Labute approximate surface area is 138 Å². The lowest BCUT2D eigenvalue weighted by Crippen LogP contribution is -2.37. The van der Waals surface area contributed by atoms with Crippen molar-refractivity contribution in [3.8, 4) is 0 Å². The normalized spacial score (nSPS) is 16.0. The van der Waals surface area contributed by atoms with Crippen LogP contribution in [0.15, 0.2) is 35.4 Å². The van der Waals surface area contributed by atoms with Crippen LogP contribution in [0, 0.1) is 12.8 Å². The molecule has 24 heavy (non-hydrogen) atoms. The van der Waals surface area contributed by atoms with Gasteiger partial charge < -0.3 is 4.90 Å². The van der Waals surface area contributed by atoms with E-state index in [1.165, 1.54) is 0 Å². The fourth-order valence-electron chi connectivity index (χ4n) is 3.16. The monoisotopic (exact) mass is 325 g/mol. The first kappa shape index (κ1) is 14.8.